The predicted octanol–water partition coefficient (Wildman–Crippen LogP) is 3.76. The van der Waals surface area contributed by atoms with Gasteiger partial charge in [0.05, 0.1) is 10.0 Å². The van der Waals surface area contributed by atoms with E-state index in [0.717, 1.165) is 12.8 Å². The maximum atomic E-state index is 11.5. The van der Waals surface area contributed by atoms with Gasteiger partial charge in [-0.05, 0) is 12.5 Å². The Morgan fingerprint density at radius 1 is 1.50 bits per heavy atom. The lowest BCUT2D eigenvalue weighted by Gasteiger charge is -2.01. The van der Waals surface area contributed by atoms with Crippen LogP contribution in [-0.2, 0) is 0 Å². The van der Waals surface area contributed by atoms with Crippen LogP contribution in [0.5, 0.6) is 0 Å². The van der Waals surface area contributed by atoms with Crippen molar-refractivity contribution >= 4 is 29.0 Å². The van der Waals surface area contributed by atoms with Crippen LogP contribution in [0.3, 0.4) is 0 Å². The summed E-state index contributed by atoms with van der Waals surface area (Å²) in [5.41, 5.74) is 0.324. The number of nitrogens with zero attached hydrogens (tertiary/aromatic N) is 1. The summed E-state index contributed by atoms with van der Waals surface area (Å²) in [6.45, 7) is 2.03. The number of Topliss-reactive ketones (excluding diaryl/α,β-unsaturated/α-hetero) is 1. The lowest BCUT2D eigenvalue weighted by atomic mass is 10.1. The summed E-state index contributed by atoms with van der Waals surface area (Å²) in [6, 6.07) is 1.54. The number of hydrogen-bond acceptors (Lipinski definition) is 2. The molecule has 0 unspecified atom stereocenters. The molecule has 0 radical (unpaired) electrons. The summed E-state index contributed by atoms with van der Waals surface area (Å²) in [5, 5.41) is 0.778. The summed E-state index contributed by atoms with van der Waals surface area (Å²) in [4.78, 5) is 15.5. The maximum Gasteiger partial charge on any atom is 0.182 e. The first-order chi connectivity index (χ1) is 6.65. The zero-order valence-corrected chi connectivity index (χ0v) is 9.40. The molecule has 1 aromatic rings. The molecule has 0 bridgehead atoms. The van der Waals surface area contributed by atoms with E-state index >= 15 is 0 Å². The zero-order chi connectivity index (χ0) is 10.6. The maximum absolute atomic E-state index is 11.5. The van der Waals surface area contributed by atoms with E-state index in [0.29, 0.717) is 22.2 Å². The Kier molecular flexibility index (Phi) is 4.36. The second kappa shape index (κ2) is 5.32. The highest BCUT2D eigenvalue weighted by Crippen LogP contribution is 2.20. The van der Waals surface area contributed by atoms with Crippen LogP contribution in [0.2, 0.25) is 10.0 Å². The number of carbonyl (C=O) groups is 1. The Morgan fingerprint density at radius 3 is 2.79 bits per heavy atom. The highest BCUT2D eigenvalue weighted by molar-refractivity contribution is 6.36. The number of rotatable bonds is 4. The molecule has 14 heavy (non-hydrogen) atoms. The van der Waals surface area contributed by atoms with Gasteiger partial charge in [0.1, 0.15) is 5.69 Å². The molecule has 0 aliphatic heterocycles. The van der Waals surface area contributed by atoms with Gasteiger partial charge in [-0.2, -0.15) is 0 Å². The predicted molar refractivity (Wildman–Crippen MR) is 58.1 cm³/mol. The highest BCUT2D eigenvalue weighted by Gasteiger charge is 2.11. The van der Waals surface area contributed by atoms with Crippen molar-refractivity contribution in [2.75, 3.05) is 0 Å². The summed E-state index contributed by atoms with van der Waals surface area (Å²) < 4.78 is 0. The minimum Gasteiger partial charge on any atom is -0.292 e. The molecule has 1 rings (SSSR count). The fraction of sp³-hybridized carbons (Fsp3) is 0.400. The van der Waals surface area contributed by atoms with Gasteiger partial charge in [-0.3, -0.25) is 9.78 Å². The average molecular weight is 232 g/mol. The Morgan fingerprint density at radius 2 is 2.21 bits per heavy atom. The van der Waals surface area contributed by atoms with E-state index < -0.39 is 0 Å². The SMILES string of the molecule is CCCCC(=O)c1ncc(Cl)cc1Cl. The van der Waals surface area contributed by atoms with Crippen molar-refractivity contribution < 1.29 is 4.79 Å². The van der Waals surface area contributed by atoms with Gasteiger partial charge < -0.3 is 0 Å². The van der Waals surface area contributed by atoms with Gasteiger partial charge in [0, 0.05) is 12.6 Å². The second-order valence-electron chi connectivity index (χ2n) is 3.01. The van der Waals surface area contributed by atoms with Crippen molar-refractivity contribution in [3.8, 4) is 0 Å². The largest absolute Gasteiger partial charge is 0.292 e. The molecule has 0 aliphatic carbocycles. The summed E-state index contributed by atoms with van der Waals surface area (Å²) in [7, 11) is 0. The van der Waals surface area contributed by atoms with E-state index in [1.54, 1.807) is 0 Å². The third-order valence-electron chi connectivity index (χ3n) is 1.83. The van der Waals surface area contributed by atoms with Crippen LogP contribution in [0.25, 0.3) is 0 Å². The van der Waals surface area contributed by atoms with Crippen molar-refractivity contribution in [3.63, 3.8) is 0 Å². The van der Waals surface area contributed by atoms with Crippen molar-refractivity contribution in [3.05, 3.63) is 28.0 Å². The number of aromatic nitrogens is 1. The number of ketones is 1. The quantitative estimate of drug-likeness (QED) is 0.739. The second-order valence-corrected chi connectivity index (χ2v) is 3.85. The van der Waals surface area contributed by atoms with Crippen LogP contribution >= 0.6 is 23.2 Å². The van der Waals surface area contributed by atoms with Crippen LogP contribution in [0, 0.1) is 0 Å². The summed E-state index contributed by atoms with van der Waals surface area (Å²) in [6.07, 6.45) is 3.77. The number of pyridine rings is 1. The molecule has 1 aromatic heterocycles. The van der Waals surface area contributed by atoms with Crippen molar-refractivity contribution in [2.24, 2.45) is 0 Å². The molecule has 4 heteroatoms. The molecular formula is C10H11Cl2NO. The molecular weight excluding hydrogens is 221 g/mol. The molecule has 0 aromatic carbocycles. The van der Waals surface area contributed by atoms with Gasteiger partial charge in [-0.1, -0.05) is 36.5 Å². The lowest BCUT2D eigenvalue weighted by Crippen LogP contribution is -2.02. The van der Waals surface area contributed by atoms with Crippen LogP contribution in [0.4, 0.5) is 0 Å². The zero-order valence-electron chi connectivity index (χ0n) is 7.89. The Hall–Kier alpha value is -0.600. The van der Waals surface area contributed by atoms with Gasteiger partial charge >= 0.3 is 0 Å². The van der Waals surface area contributed by atoms with E-state index in [9.17, 15) is 4.79 Å². The monoisotopic (exact) mass is 231 g/mol. The van der Waals surface area contributed by atoms with E-state index in [-0.39, 0.29) is 5.78 Å². The molecule has 0 aliphatic rings. The summed E-state index contributed by atoms with van der Waals surface area (Å²) >= 11 is 11.5. The fourth-order valence-corrected chi connectivity index (χ4v) is 1.56. The van der Waals surface area contributed by atoms with Gasteiger partial charge in [-0.25, -0.2) is 0 Å². The molecule has 0 amide bonds. The molecule has 76 valence electrons. The molecule has 0 fully saturated rings. The number of carbonyl (C=O) groups excluding carboxylic acids is 1. The molecule has 2 nitrogen and oxygen atoms in total. The fourth-order valence-electron chi connectivity index (χ4n) is 1.08. The van der Waals surface area contributed by atoms with Gasteiger partial charge in [0.2, 0.25) is 0 Å². The first-order valence-electron chi connectivity index (χ1n) is 4.49. The Labute approximate surface area is 93.2 Å². The molecule has 0 saturated heterocycles. The topological polar surface area (TPSA) is 30.0 Å². The van der Waals surface area contributed by atoms with Gasteiger partial charge in [-0.15, -0.1) is 0 Å². The van der Waals surface area contributed by atoms with Crippen molar-refractivity contribution in [1.82, 2.24) is 4.98 Å². The minimum atomic E-state index is -0.0199. The van der Waals surface area contributed by atoms with Gasteiger partial charge in [0.15, 0.2) is 5.78 Å². The molecule has 1 heterocycles. The van der Waals surface area contributed by atoms with Crippen LogP contribution in [0.15, 0.2) is 12.3 Å². The normalized spacial score (nSPS) is 10.2. The minimum absolute atomic E-state index is 0.0199. The number of unbranched alkanes of at least 4 members (excludes halogenated alkanes) is 1. The van der Waals surface area contributed by atoms with Crippen molar-refractivity contribution in [2.45, 2.75) is 26.2 Å². The van der Waals surface area contributed by atoms with Crippen LogP contribution < -0.4 is 0 Å². The Bertz CT molecular complexity index is 339. The third-order valence-corrected chi connectivity index (χ3v) is 2.32. The Balaban J connectivity index is 2.80. The van der Waals surface area contributed by atoms with E-state index in [2.05, 4.69) is 4.98 Å². The van der Waals surface area contributed by atoms with E-state index in [4.69, 9.17) is 23.2 Å². The van der Waals surface area contributed by atoms with E-state index in [1.165, 1.54) is 12.3 Å². The molecule has 0 N–H and O–H groups in total. The number of hydrogen-bond donors (Lipinski definition) is 0. The number of halogens is 2. The smallest absolute Gasteiger partial charge is 0.182 e. The first-order valence-corrected chi connectivity index (χ1v) is 5.25. The molecule has 0 spiro atoms. The molecule has 0 atom stereocenters. The van der Waals surface area contributed by atoms with Crippen molar-refractivity contribution in [1.29, 1.82) is 0 Å². The highest BCUT2D eigenvalue weighted by atomic mass is 35.5. The molecule has 0 saturated carbocycles. The standard InChI is InChI=1S/C10H11Cl2NO/c1-2-3-4-9(14)10-8(12)5-7(11)6-13-10/h5-6H,2-4H2,1H3. The van der Waals surface area contributed by atoms with Gasteiger partial charge in [0.25, 0.3) is 0 Å². The van der Waals surface area contributed by atoms with Crippen LogP contribution in [-0.4, -0.2) is 10.8 Å². The van der Waals surface area contributed by atoms with Crippen LogP contribution in [0.1, 0.15) is 36.7 Å². The summed E-state index contributed by atoms with van der Waals surface area (Å²) in [5.74, 6) is -0.0199. The first kappa shape index (κ1) is 11.5. The third kappa shape index (κ3) is 2.96. The van der Waals surface area contributed by atoms with E-state index in [1.807, 2.05) is 6.92 Å². The average Bonchev–Trinajstić information content (AvgIpc) is 2.14. The lowest BCUT2D eigenvalue weighted by molar-refractivity contribution is 0.0975.